The van der Waals surface area contributed by atoms with Crippen LogP contribution in [0.4, 0.5) is 0 Å². The van der Waals surface area contributed by atoms with E-state index < -0.39 is 11.6 Å². The third-order valence-electron chi connectivity index (χ3n) is 6.67. The van der Waals surface area contributed by atoms with Crippen LogP contribution >= 0.6 is 11.6 Å². The van der Waals surface area contributed by atoms with Gasteiger partial charge in [0.1, 0.15) is 11.8 Å². The van der Waals surface area contributed by atoms with Crippen LogP contribution in [0.15, 0.2) is 83.7 Å². The number of nitrogens with one attached hydrogen (secondary N) is 1. The van der Waals surface area contributed by atoms with E-state index in [1.807, 2.05) is 87.5 Å². The number of rotatable bonds is 8. The second kappa shape index (κ2) is 11.0. The molecular formula is C30H31ClN6O2. The third-order valence-corrected chi connectivity index (χ3v) is 7.04. The third kappa shape index (κ3) is 5.72. The number of nitrogens with zero attached hydrogens (tertiary/aromatic N) is 5. The van der Waals surface area contributed by atoms with Gasteiger partial charge in [-0.2, -0.15) is 0 Å². The molecule has 0 spiro atoms. The molecule has 0 fully saturated rings. The Balaban J connectivity index is 1.75. The second-order valence-corrected chi connectivity index (χ2v) is 10.9. The van der Waals surface area contributed by atoms with Gasteiger partial charge in [-0.05, 0) is 72.7 Å². The quantitative estimate of drug-likeness (QED) is 0.269. The smallest absolute Gasteiger partial charge is 0.253 e. The zero-order chi connectivity index (χ0) is 27.6. The van der Waals surface area contributed by atoms with Gasteiger partial charge < -0.3 is 9.72 Å². The fourth-order valence-corrected chi connectivity index (χ4v) is 4.97. The van der Waals surface area contributed by atoms with Crippen molar-refractivity contribution in [2.45, 2.75) is 45.4 Å². The molecule has 0 aliphatic heterocycles. The molecule has 0 bridgehead atoms. The van der Waals surface area contributed by atoms with E-state index in [-0.39, 0.29) is 5.56 Å². The van der Waals surface area contributed by atoms with Gasteiger partial charge in [-0.1, -0.05) is 60.1 Å². The molecule has 8 nitrogen and oxygen atoms in total. The maximum atomic E-state index is 13.7. The van der Waals surface area contributed by atoms with Crippen LogP contribution in [0.1, 0.15) is 49.3 Å². The number of tetrazole rings is 1. The van der Waals surface area contributed by atoms with Gasteiger partial charge in [-0.3, -0.25) is 9.69 Å². The standard InChI is InChI=1S/C30H31ClN6O2/c1-30(2,3)37-28(33-34-35-37)27(24-17-22-16-23(39-4)14-15-26(22)32-29(24)38)36(18-20-10-6-5-7-11-20)19-21-12-8-9-13-25(21)31/h5-17,27H,18-19H2,1-4H3,(H,32,38). The Hall–Kier alpha value is -4.01. The summed E-state index contributed by atoms with van der Waals surface area (Å²) >= 11 is 6.64. The second-order valence-electron chi connectivity index (χ2n) is 10.5. The van der Waals surface area contributed by atoms with E-state index in [1.54, 1.807) is 11.8 Å². The van der Waals surface area contributed by atoms with Crippen molar-refractivity contribution in [2.75, 3.05) is 7.11 Å². The zero-order valence-electron chi connectivity index (χ0n) is 22.4. The van der Waals surface area contributed by atoms with Crippen LogP contribution in [-0.4, -0.2) is 37.2 Å². The fraction of sp³-hybridized carbons (Fsp3) is 0.267. The summed E-state index contributed by atoms with van der Waals surface area (Å²) in [6, 6.07) is 24.8. The lowest BCUT2D eigenvalue weighted by Crippen LogP contribution is -2.37. The number of methoxy groups -OCH3 is 1. The summed E-state index contributed by atoms with van der Waals surface area (Å²) in [5, 5.41) is 14.4. The minimum Gasteiger partial charge on any atom is -0.497 e. The lowest BCUT2D eigenvalue weighted by atomic mass is 10.00. The minimum absolute atomic E-state index is 0.210. The molecule has 9 heteroatoms. The SMILES string of the molecule is COc1ccc2[nH]c(=O)c(C(c3nnnn3C(C)(C)C)N(Cc3ccccc3)Cc3ccccc3Cl)cc2c1. The van der Waals surface area contributed by atoms with Crippen molar-refractivity contribution in [3.8, 4) is 5.75 Å². The Morgan fingerprint density at radius 1 is 1.00 bits per heavy atom. The average Bonchev–Trinajstić information content (AvgIpc) is 3.41. The number of fused-ring (bicyclic) bond motifs is 1. The summed E-state index contributed by atoms with van der Waals surface area (Å²) in [6.45, 7) is 7.11. The molecule has 200 valence electrons. The van der Waals surface area contributed by atoms with E-state index in [0.717, 1.165) is 22.0 Å². The molecule has 1 N–H and O–H groups in total. The number of hydrogen-bond acceptors (Lipinski definition) is 6. The molecule has 0 radical (unpaired) electrons. The average molecular weight is 543 g/mol. The van der Waals surface area contributed by atoms with E-state index in [1.165, 1.54) is 0 Å². The van der Waals surface area contributed by atoms with Crippen LogP contribution < -0.4 is 10.3 Å². The Labute approximate surface area is 232 Å². The summed E-state index contributed by atoms with van der Waals surface area (Å²) in [5.41, 5.74) is 2.64. The van der Waals surface area contributed by atoms with Gasteiger partial charge in [0.2, 0.25) is 0 Å². The Kier molecular flexibility index (Phi) is 7.50. The molecule has 0 saturated carbocycles. The monoisotopic (exact) mass is 542 g/mol. The minimum atomic E-state index is -0.588. The molecular weight excluding hydrogens is 512 g/mol. The van der Waals surface area contributed by atoms with Gasteiger partial charge in [0.15, 0.2) is 5.82 Å². The molecule has 0 aliphatic carbocycles. The largest absolute Gasteiger partial charge is 0.497 e. The maximum Gasteiger partial charge on any atom is 0.253 e. The summed E-state index contributed by atoms with van der Waals surface area (Å²) in [6.07, 6.45) is 0. The first kappa shape index (κ1) is 26.6. The van der Waals surface area contributed by atoms with Crippen LogP contribution in [0.5, 0.6) is 5.75 Å². The first-order valence-electron chi connectivity index (χ1n) is 12.8. The van der Waals surface area contributed by atoms with Gasteiger partial charge in [-0.25, -0.2) is 4.68 Å². The number of halogens is 1. The lowest BCUT2D eigenvalue weighted by molar-refractivity contribution is 0.184. The fourth-order valence-electron chi connectivity index (χ4n) is 4.77. The Morgan fingerprint density at radius 2 is 1.74 bits per heavy atom. The summed E-state index contributed by atoms with van der Waals surface area (Å²) in [7, 11) is 1.62. The molecule has 0 aliphatic rings. The van der Waals surface area contributed by atoms with Crippen molar-refractivity contribution >= 4 is 22.5 Å². The summed E-state index contributed by atoms with van der Waals surface area (Å²) < 4.78 is 7.24. The molecule has 0 amide bonds. The highest BCUT2D eigenvalue weighted by Crippen LogP contribution is 2.33. The van der Waals surface area contributed by atoms with E-state index in [4.69, 9.17) is 16.3 Å². The van der Waals surface area contributed by atoms with Crippen LogP contribution in [0, 0.1) is 0 Å². The van der Waals surface area contributed by atoms with Crippen molar-refractivity contribution in [3.63, 3.8) is 0 Å². The van der Waals surface area contributed by atoms with E-state index in [0.29, 0.717) is 35.2 Å². The number of benzene rings is 3. The number of H-pyrrole nitrogens is 1. The molecule has 39 heavy (non-hydrogen) atoms. The number of pyridine rings is 1. The predicted molar refractivity (Wildman–Crippen MR) is 153 cm³/mol. The number of aromatic nitrogens is 5. The van der Waals surface area contributed by atoms with Crippen LogP contribution in [0.2, 0.25) is 5.02 Å². The normalized spacial score (nSPS) is 12.7. The Bertz CT molecular complexity index is 1640. The van der Waals surface area contributed by atoms with E-state index >= 15 is 0 Å². The lowest BCUT2D eigenvalue weighted by Gasteiger charge is -2.33. The first-order valence-corrected chi connectivity index (χ1v) is 13.1. The molecule has 1 unspecified atom stereocenters. The highest BCUT2D eigenvalue weighted by atomic mass is 35.5. The van der Waals surface area contributed by atoms with Crippen LogP contribution in [0.3, 0.4) is 0 Å². The van der Waals surface area contributed by atoms with Gasteiger partial charge >= 0.3 is 0 Å². The maximum absolute atomic E-state index is 13.7. The highest BCUT2D eigenvalue weighted by Gasteiger charge is 2.34. The molecule has 1 atom stereocenters. The van der Waals surface area contributed by atoms with Gasteiger partial charge in [0.25, 0.3) is 5.56 Å². The molecule has 5 aromatic rings. The summed E-state index contributed by atoms with van der Waals surface area (Å²) in [5.74, 6) is 1.27. The van der Waals surface area contributed by atoms with Crippen LogP contribution in [0.25, 0.3) is 10.9 Å². The summed E-state index contributed by atoms with van der Waals surface area (Å²) in [4.78, 5) is 19.0. The van der Waals surface area contributed by atoms with Gasteiger partial charge in [-0.15, -0.1) is 5.10 Å². The topological polar surface area (TPSA) is 88.9 Å². The first-order chi connectivity index (χ1) is 18.7. The Morgan fingerprint density at radius 3 is 2.46 bits per heavy atom. The number of hydrogen-bond donors (Lipinski definition) is 1. The zero-order valence-corrected chi connectivity index (χ0v) is 23.2. The molecule has 2 heterocycles. The van der Waals surface area contributed by atoms with E-state index in [2.05, 4.69) is 37.5 Å². The van der Waals surface area contributed by atoms with Crippen molar-refractivity contribution in [1.82, 2.24) is 30.1 Å². The van der Waals surface area contributed by atoms with Crippen LogP contribution in [-0.2, 0) is 18.6 Å². The van der Waals surface area contributed by atoms with Gasteiger partial charge in [0.05, 0.1) is 12.6 Å². The molecule has 5 rings (SSSR count). The van der Waals surface area contributed by atoms with E-state index in [9.17, 15) is 4.79 Å². The van der Waals surface area contributed by atoms with Crippen molar-refractivity contribution in [2.24, 2.45) is 0 Å². The number of ether oxygens (including phenoxy) is 1. The highest BCUT2D eigenvalue weighted by molar-refractivity contribution is 6.31. The molecule has 2 aromatic heterocycles. The van der Waals surface area contributed by atoms with Gasteiger partial charge in [0, 0.05) is 34.6 Å². The van der Waals surface area contributed by atoms with Crippen molar-refractivity contribution in [1.29, 1.82) is 0 Å². The molecule has 0 saturated heterocycles. The molecule has 3 aromatic carbocycles. The van der Waals surface area contributed by atoms with Crippen molar-refractivity contribution < 1.29 is 4.74 Å². The number of aromatic amines is 1. The predicted octanol–water partition coefficient (Wildman–Crippen LogP) is 5.72. The van der Waals surface area contributed by atoms with Crippen molar-refractivity contribution in [3.05, 3.63) is 117 Å².